The van der Waals surface area contributed by atoms with E-state index in [4.69, 9.17) is 18.6 Å². The number of benzene rings is 1. The van der Waals surface area contributed by atoms with Gasteiger partial charge in [0.15, 0.2) is 0 Å². The standard InChI is InChI=1S/C30H52N2O6Si/c1-21(2)39(22(3)4,23(5)6)38-26(18-31-27(33)35-19-24-15-13-12-14-16-24)17-25-20-36-30(10,11)32(25)28(34)37-29(7,8)9/h12-16,21-23,25-26H,17-20H2,1-11H3,(H,31,33)/t25-,26+/m0/s1. The van der Waals surface area contributed by atoms with Crippen molar-refractivity contribution >= 4 is 20.5 Å². The van der Waals surface area contributed by atoms with Crippen LogP contribution >= 0.6 is 0 Å². The summed E-state index contributed by atoms with van der Waals surface area (Å²) in [6.45, 7) is 23.6. The fourth-order valence-electron chi connectivity index (χ4n) is 5.88. The van der Waals surface area contributed by atoms with Crippen LogP contribution in [-0.4, -0.2) is 62.0 Å². The molecule has 0 unspecified atom stereocenters. The minimum absolute atomic E-state index is 0.192. The molecular weight excluding hydrogens is 512 g/mol. The number of nitrogens with one attached hydrogen (secondary N) is 1. The summed E-state index contributed by atoms with van der Waals surface area (Å²) in [5, 5.41) is 2.93. The minimum Gasteiger partial charge on any atom is -0.445 e. The van der Waals surface area contributed by atoms with Crippen LogP contribution in [-0.2, 0) is 25.2 Å². The molecule has 0 bridgehead atoms. The summed E-state index contributed by atoms with van der Waals surface area (Å²) in [6.07, 6.45) is -0.738. The Labute approximate surface area is 237 Å². The predicted octanol–water partition coefficient (Wildman–Crippen LogP) is 7.24. The molecule has 222 valence electrons. The van der Waals surface area contributed by atoms with Crippen molar-refractivity contribution in [1.82, 2.24) is 10.2 Å². The van der Waals surface area contributed by atoms with E-state index in [0.717, 1.165) is 5.56 Å². The molecule has 0 aliphatic carbocycles. The summed E-state index contributed by atoms with van der Waals surface area (Å²) in [5.41, 5.74) is 0.566. The lowest BCUT2D eigenvalue weighted by molar-refractivity contribution is -0.0636. The Morgan fingerprint density at radius 2 is 1.62 bits per heavy atom. The second-order valence-electron chi connectivity index (χ2n) is 13.0. The number of hydrogen-bond acceptors (Lipinski definition) is 6. The van der Waals surface area contributed by atoms with E-state index in [1.54, 1.807) is 4.90 Å². The van der Waals surface area contributed by atoms with Crippen LogP contribution in [0.3, 0.4) is 0 Å². The molecule has 2 rings (SSSR count). The number of rotatable bonds is 11. The highest BCUT2D eigenvalue weighted by atomic mass is 28.4. The number of alkyl carbamates (subject to hydrolysis) is 1. The zero-order chi connectivity index (χ0) is 29.6. The molecule has 0 aromatic heterocycles. The van der Waals surface area contributed by atoms with Gasteiger partial charge in [-0.1, -0.05) is 71.9 Å². The van der Waals surface area contributed by atoms with Crippen molar-refractivity contribution in [2.24, 2.45) is 0 Å². The third-order valence-electron chi connectivity index (χ3n) is 7.46. The van der Waals surface area contributed by atoms with E-state index >= 15 is 0 Å². The van der Waals surface area contributed by atoms with Gasteiger partial charge in [0.2, 0.25) is 8.32 Å². The lowest BCUT2D eigenvalue weighted by atomic mass is 10.1. The van der Waals surface area contributed by atoms with Crippen LogP contribution < -0.4 is 5.32 Å². The van der Waals surface area contributed by atoms with Crippen LogP contribution in [0, 0.1) is 0 Å². The number of amides is 2. The van der Waals surface area contributed by atoms with Crippen LogP contribution in [0.15, 0.2) is 30.3 Å². The van der Waals surface area contributed by atoms with Gasteiger partial charge in [-0.15, -0.1) is 0 Å². The fraction of sp³-hybridized carbons (Fsp3) is 0.733. The van der Waals surface area contributed by atoms with Crippen molar-refractivity contribution in [3.63, 3.8) is 0 Å². The second-order valence-corrected chi connectivity index (χ2v) is 18.4. The summed E-state index contributed by atoms with van der Waals surface area (Å²) in [7, 11) is -2.30. The maximum absolute atomic E-state index is 13.3. The van der Waals surface area contributed by atoms with Gasteiger partial charge in [0.05, 0.1) is 18.8 Å². The van der Waals surface area contributed by atoms with E-state index in [9.17, 15) is 9.59 Å². The first-order valence-corrected chi connectivity index (χ1v) is 16.4. The maximum atomic E-state index is 13.3. The first-order chi connectivity index (χ1) is 18.0. The van der Waals surface area contributed by atoms with E-state index in [1.807, 2.05) is 65.0 Å². The van der Waals surface area contributed by atoms with Crippen molar-refractivity contribution < 1.29 is 28.2 Å². The molecule has 1 N–H and O–H groups in total. The molecule has 9 heteroatoms. The van der Waals surface area contributed by atoms with Gasteiger partial charge in [-0.05, 0) is 63.2 Å². The van der Waals surface area contributed by atoms with Gasteiger partial charge in [0.25, 0.3) is 0 Å². The molecule has 2 amide bonds. The van der Waals surface area contributed by atoms with E-state index in [2.05, 4.69) is 46.9 Å². The molecule has 2 atom stereocenters. The minimum atomic E-state index is -2.30. The Bertz CT molecular complexity index is 907. The van der Waals surface area contributed by atoms with Crippen LogP contribution in [0.5, 0.6) is 0 Å². The SMILES string of the molecule is CC(C)[Si](O[C@@H](CNC(=O)OCc1ccccc1)C[C@H]1COC(C)(C)N1C(=O)OC(C)(C)C)(C(C)C)C(C)C. The molecule has 8 nitrogen and oxygen atoms in total. The molecule has 1 aliphatic heterocycles. The molecule has 0 spiro atoms. The molecule has 1 saturated heterocycles. The van der Waals surface area contributed by atoms with Gasteiger partial charge < -0.3 is 24.0 Å². The van der Waals surface area contributed by atoms with Gasteiger partial charge in [-0.25, -0.2) is 9.59 Å². The average molecular weight is 565 g/mol. The monoisotopic (exact) mass is 564 g/mol. The average Bonchev–Trinajstić information content (AvgIpc) is 3.11. The third-order valence-corrected chi connectivity index (χ3v) is 13.6. The largest absolute Gasteiger partial charge is 0.445 e. The lowest BCUT2D eigenvalue weighted by Gasteiger charge is -2.45. The normalized spacial score (nSPS) is 18.5. The van der Waals surface area contributed by atoms with Gasteiger partial charge in [-0.2, -0.15) is 0 Å². The van der Waals surface area contributed by atoms with Crippen LogP contribution in [0.25, 0.3) is 0 Å². The maximum Gasteiger partial charge on any atom is 0.412 e. The quantitative estimate of drug-likeness (QED) is 0.285. The van der Waals surface area contributed by atoms with Gasteiger partial charge in [0.1, 0.15) is 17.9 Å². The van der Waals surface area contributed by atoms with Gasteiger partial charge in [0, 0.05) is 6.54 Å². The molecule has 0 saturated carbocycles. The zero-order valence-corrected chi connectivity index (χ0v) is 27.0. The first kappa shape index (κ1) is 33.1. The van der Waals surface area contributed by atoms with Crippen LogP contribution in [0.1, 0.15) is 88.1 Å². The van der Waals surface area contributed by atoms with E-state index in [1.165, 1.54) is 0 Å². The van der Waals surface area contributed by atoms with Gasteiger partial charge >= 0.3 is 12.2 Å². The summed E-state index contributed by atoms with van der Waals surface area (Å²) in [6, 6.07) is 9.32. The lowest BCUT2D eigenvalue weighted by Crippen LogP contribution is -2.55. The highest BCUT2D eigenvalue weighted by Crippen LogP contribution is 2.44. The molecule has 39 heavy (non-hydrogen) atoms. The molecule has 1 fully saturated rings. The number of nitrogens with zero attached hydrogens (tertiary/aromatic N) is 1. The second kappa shape index (κ2) is 13.5. The van der Waals surface area contributed by atoms with Crippen molar-refractivity contribution in [2.45, 2.75) is 129 Å². The highest BCUT2D eigenvalue weighted by Gasteiger charge is 2.50. The van der Waals surface area contributed by atoms with Gasteiger partial charge in [-0.3, -0.25) is 4.90 Å². The topological polar surface area (TPSA) is 86.3 Å². The molecule has 1 aromatic carbocycles. The third kappa shape index (κ3) is 8.95. The Morgan fingerprint density at radius 1 is 1.05 bits per heavy atom. The summed E-state index contributed by atoms with van der Waals surface area (Å²) >= 11 is 0. The number of carbonyl (C=O) groups excluding carboxylic acids is 2. The molecular formula is C30H52N2O6Si. The van der Waals surface area contributed by atoms with Crippen LogP contribution in [0.2, 0.25) is 16.6 Å². The molecule has 0 radical (unpaired) electrons. The van der Waals surface area contributed by atoms with Crippen molar-refractivity contribution in [1.29, 1.82) is 0 Å². The molecule has 1 aliphatic rings. The molecule has 1 heterocycles. The van der Waals surface area contributed by atoms with Crippen molar-refractivity contribution in [3.8, 4) is 0 Å². The summed E-state index contributed by atoms with van der Waals surface area (Å²) in [4.78, 5) is 27.6. The number of hydrogen-bond donors (Lipinski definition) is 1. The Morgan fingerprint density at radius 3 is 2.13 bits per heavy atom. The fourth-order valence-corrected chi connectivity index (χ4v) is 11.5. The number of carbonyl (C=O) groups is 2. The summed E-state index contributed by atoms with van der Waals surface area (Å²) in [5.74, 6) is 0. The summed E-state index contributed by atoms with van der Waals surface area (Å²) < 4.78 is 24.4. The first-order valence-electron chi connectivity index (χ1n) is 14.3. The smallest absolute Gasteiger partial charge is 0.412 e. The number of ether oxygens (including phenoxy) is 3. The van der Waals surface area contributed by atoms with E-state index < -0.39 is 31.8 Å². The zero-order valence-electron chi connectivity index (χ0n) is 26.0. The predicted molar refractivity (Wildman–Crippen MR) is 157 cm³/mol. The van der Waals surface area contributed by atoms with E-state index in [-0.39, 0.29) is 25.3 Å². The molecule has 1 aromatic rings. The van der Waals surface area contributed by atoms with Crippen molar-refractivity contribution in [3.05, 3.63) is 35.9 Å². The highest BCUT2D eigenvalue weighted by molar-refractivity contribution is 6.77. The Balaban J connectivity index is 2.27. The Kier molecular flexibility index (Phi) is 11.5. The van der Waals surface area contributed by atoms with E-state index in [0.29, 0.717) is 29.7 Å². The van der Waals surface area contributed by atoms with Crippen molar-refractivity contribution in [2.75, 3.05) is 13.2 Å². The Hall–Kier alpha value is -2.10. The van der Waals surface area contributed by atoms with Crippen LogP contribution in [0.4, 0.5) is 9.59 Å².